The second-order valence-corrected chi connectivity index (χ2v) is 7.03. The molecule has 0 bridgehead atoms. The number of aromatic nitrogens is 3. The van der Waals surface area contributed by atoms with E-state index >= 15 is 0 Å². The number of anilines is 1. The van der Waals surface area contributed by atoms with Crippen LogP contribution in [0.4, 0.5) is 11.4 Å². The number of para-hydroxylation sites is 1. The number of nitrogens with one attached hydrogen (secondary N) is 2. The van der Waals surface area contributed by atoms with Crippen LogP contribution in [0.1, 0.15) is 41.9 Å². The maximum Gasteiger partial charge on any atom is 0.293 e. The third-order valence-electron chi connectivity index (χ3n) is 4.72. The van der Waals surface area contributed by atoms with Gasteiger partial charge in [-0.2, -0.15) is 0 Å². The summed E-state index contributed by atoms with van der Waals surface area (Å²) in [5.74, 6) is -0.291. The molecule has 2 N–H and O–H groups in total. The van der Waals surface area contributed by atoms with Crippen LogP contribution in [0, 0.1) is 10.1 Å². The van der Waals surface area contributed by atoms with Gasteiger partial charge in [0.1, 0.15) is 11.4 Å². The minimum atomic E-state index is -0.496. The summed E-state index contributed by atoms with van der Waals surface area (Å²) in [7, 11) is 0. The van der Waals surface area contributed by atoms with Gasteiger partial charge >= 0.3 is 0 Å². The number of nitrogens with zero attached hydrogens (tertiary/aromatic N) is 4. The average molecular weight is 392 g/mol. The molecular weight excluding hydrogens is 372 g/mol. The van der Waals surface area contributed by atoms with Gasteiger partial charge in [0.2, 0.25) is 0 Å². The van der Waals surface area contributed by atoms with Gasteiger partial charge in [-0.15, -0.1) is 5.10 Å². The van der Waals surface area contributed by atoms with Crippen molar-refractivity contribution in [2.45, 2.75) is 31.8 Å². The smallest absolute Gasteiger partial charge is 0.293 e. The summed E-state index contributed by atoms with van der Waals surface area (Å²) < 4.78 is 1.65. The standard InChI is InChI=1S/C20H20N6O3/c1-13(18-12-25(24-23-18)16-5-3-2-4-6-16)21-17-10-7-14(11-19(17)26(28)29)20(27)22-15-8-9-15/h2-7,10-13,15,21H,8-9H2,1H3,(H,22,27). The zero-order valence-corrected chi connectivity index (χ0v) is 15.8. The molecule has 0 saturated heterocycles. The Morgan fingerprint density at radius 1 is 1.24 bits per heavy atom. The zero-order valence-electron chi connectivity index (χ0n) is 15.8. The molecule has 1 aliphatic carbocycles. The lowest BCUT2D eigenvalue weighted by Crippen LogP contribution is -2.25. The normalized spacial score (nSPS) is 14.2. The van der Waals surface area contributed by atoms with E-state index in [0.717, 1.165) is 18.5 Å². The molecule has 1 saturated carbocycles. The Balaban J connectivity index is 1.53. The fourth-order valence-electron chi connectivity index (χ4n) is 2.93. The van der Waals surface area contributed by atoms with Crippen molar-refractivity contribution in [1.82, 2.24) is 20.3 Å². The fourth-order valence-corrected chi connectivity index (χ4v) is 2.93. The van der Waals surface area contributed by atoms with Gasteiger partial charge in [-0.3, -0.25) is 14.9 Å². The first kappa shape index (κ1) is 18.6. The number of benzene rings is 2. The second kappa shape index (κ2) is 7.70. The molecule has 2 aromatic carbocycles. The Labute approximate surface area is 166 Å². The van der Waals surface area contributed by atoms with Crippen molar-refractivity contribution in [2.24, 2.45) is 0 Å². The molecule has 9 nitrogen and oxygen atoms in total. The van der Waals surface area contributed by atoms with Crippen LogP contribution in [0.25, 0.3) is 5.69 Å². The molecule has 1 fully saturated rings. The van der Waals surface area contributed by atoms with Gasteiger partial charge in [0.05, 0.1) is 22.8 Å². The van der Waals surface area contributed by atoms with Crippen LogP contribution in [0.2, 0.25) is 0 Å². The van der Waals surface area contributed by atoms with Crippen molar-refractivity contribution in [3.8, 4) is 5.69 Å². The fraction of sp³-hybridized carbons (Fsp3) is 0.250. The molecule has 148 valence electrons. The number of carbonyl (C=O) groups excluding carboxylic acids is 1. The summed E-state index contributed by atoms with van der Waals surface area (Å²) >= 11 is 0. The second-order valence-electron chi connectivity index (χ2n) is 7.03. The van der Waals surface area contributed by atoms with Crippen molar-refractivity contribution in [3.05, 3.63) is 76.1 Å². The van der Waals surface area contributed by atoms with Gasteiger partial charge in [-0.1, -0.05) is 23.4 Å². The summed E-state index contributed by atoms with van der Waals surface area (Å²) in [5, 5.41) is 25.8. The van der Waals surface area contributed by atoms with Crippen molar-refractivity contribution >= 4 is 17.3 Å². The van der Waals surface area contributed by atoms with E-state index in [-0.39, 0.29) is 29.2 Å². The molecule has 1 aliphatic rings. The molecular formula is C20H20N6O3. The summed E-state index contributed by atoms with van der Waals surface area (Å²) in [6.07, 6.45) is 3.68. The Bertz CT molecular complexity index is 1050. The molecule has 0 aliphatic heterocycles. The van der Waals surface area contributed by atoms with Crippen molar-refractivity contribution in [2.75, 3.05) is 5.32 Å². The number of hydrogen-bond donors (Lipinski definition) is 2. The Kier molecular flexibility index (Phi) is 4.94. The Morgan fingerprint density at radius 2 is 2.00 bits per heavy atom. The number of nitro groups is 1. The molecule has 1 amide bonds. The molecule has 3 aromatic rings. The first-order valence-electron chi connectivity index (χ1n) is 9.35. The largest absolute Gasteiger partial charge is 0.371 e. The molecule has 9 heteroatoms. The van der Waals surface area contributed by atoms with Gasteiger partial charge in [-0.25, -0.2) is 4.68 Å². The van der Waals surface area contributed by atoms with Crippen molar-refractivity contribution in [3.63, 3.8) is 0 Å². The minimum Gasteiger partial charge on any atom is -0.371 e. The first-order valence-corrected chi connectivity index (χ1v) is 9.35. The SMILES string of the molecule is CC(Nc1ccc(C(=O)NC2CC2)cc1[N+](=O)[O-])c1cn(-c2ccccc2)nn1. The van der Waals surface area contributed by atoms with E-state index in [1.54, 1.807) is 23.0 Å². The predicted molar refractivity (Wildman–Crippen MR) is 107 cm³/mol. The van der Waals surface area contributed by atoms with Crippen LogP contribution in [0.15, 0.2) is 54.7 Å². The molecule has 0 spiro atoms. The van der Waals surface area contributed by atoms with Crippen LogP contribution in [0.3, 0.4) is 0 Å². The monoisotopic (exact) mass is 392 g/mol. The van der Waals surface area contributed by atoms with Crippen molar-refractivity contribution in [1.29, 1.82) is 0 Å². The quantitative estimate of drug-likeness (QED) is 0.471. The van der Waals surface area contributed by atoms with Gasteiger partial charge < -0.3 is 10.6 Å². The van der Waals surface area contributed by atoms with E-state index in [1.807, 2.05) is 37.3 Å². The molecule has 4 rings (SSSR count). The maximum absolute atomic E-state index is 12.2. The lowest BCUT2D eigenvalue weighted by atomic mass is 10.1. The Morgan fingerprint density at radius 3 is 2.69 bits per heavy atom. The van der Waals surface area contributed by atoms with Crippen LogP contribution in [-0.4, -0.2) is 31.9 Å². The lowest BCUT2D eigenvalue weighted by Gasteiger charge is -2.13. The van der Waals surface area contributed by atoms with Gasteiger partial charge in [0.25, 0.3) is 11.6 Å². The molecule has 0 radical (unpaired) electrons. The number of carbonyl (C=O) groups is 1. The zero-order chi connectivity index (χ0) is 20.4. The van der Waals surface area contributed by atoms with E-state index in [2.05, 4.69) is 20.9 Å². The molecule has 1 unspecified atom stereocenters. The van der Waals surface area contributed by atoms with E-state index in [1.165, 1.54) is 6.07 Å². The van der Waals surface area contributed by atoms with E-state index in [9.17, 15) is 14.9 Å². The molecule has 1 atom stereocenters. The number of rotatable bonds is 7. The summed E-state index contributed by atoms with van der Waals surface area (Å²) in [5.41, 5.74) is 1.95. The first-order chi connectivity index (χ1) is 14.0. The lowest BCUT2D eigenvalue weighted by molar-refractivity contribution is -0.384. The highest BCUT2D eigenvalue weighted by Gasteiger charge is 2.25. The van der Waals surface area contributed by atoms with Crippen LogP contribution in [-0.2, 0) is 0 Å². The third-order valence-corrected chi connectivity index (χ3v) is 4.72. The average Bonchev–Trinajstić information content (AvgIpc) is 3.39. The van der Waals surface area contributed by atoms with Crippen molar-refractivity contribution < 1.29 is 9.72 Å². The highest BCUT2D eigenvalue weighted by molar-refractivity contribution is 5.96. The molecule has 1 heterocycles. The number of hydrogen-bond acceptors (Lipinski definition) is 6. The maximum atomic E-state index is 12.2. The van der Waals surface area contributed by atoms with Crippen LogP contribution >= 0.6 is 0 Å². The summed E-state index contributed by atoms with van der Waals surface area (Å²) in [6.45, 7) is 1.84. The van der Waals surface area contributed by atoms with E-state index < -0.39 is 4.92 Å². The number of amides is 1. The highest BCUT2D eigenvalue weighted by atomic mass is 16.6. The topological polar surface area (TPSA) is 115 Å². The minimum absolute atomic E-state index is 0.157. The van der Waals surface area contributed by atoms with Crippen LogP contribution in [0.5, 0.6) is 0 Å². The predicted octanol–water partition coefficient (Wildman–Crippen LogP) is 3.24. The molecule has 1 aromatic heterocycles. The van der Waals surface area contributed by atoms with Gasteiger partial charge in [0, 0.05) is 17.7 Å². The summed E-state index contributed by atoms with van der Waals surface area (Å²) in [6, 6.07) is 13.8. The highest BCUT2D eigenvalue weighted by Crippen LogP contribution is 2.29. The van der Waals surface area contributed by atoms with Gasteiger partial charge in [-0.05, 0) is 44.0 Å². The number of nitro benzene ring substituents is 1. The van der Waals surface area contributed by atoms with Gasteiger partial charge in [0.15, 0.2) is 0 Å². The summed E-state index contributed by atoms with van der Waals surface area (Å²) in [4.78, 5) is 23.2. The van der Waals surface area contributed by atoms with E-state index in [4.69, 9.17) is 0 Å². The van der Waals surface area contributed by atoms with E-state index in [0.29, 0.717) is 11.4 Å². The molecule has 29 heavy (non-hydrogen) atoms. The van der Waals surface area contributed by atoms with Crippen LogP contribution < -0.4 is 10.6 Å². The Hall–Kier alpha value is -3.75. The third kappa shape index (κ3) is 4.23.